The number of hydrogen-bond acceptors (Lipinski definition) is 3. The molecule has 0 bridgehead atoms. The molecule has 94 valence electrons. The third-order valence-corrected chi connectivity index (χ3v) is 4.01. The van der Waals surface area contributed by atoms with Gasteiger partial charge in [0.2, 0.25) is 0 Å². The van der Waals surface area contributed by atoms with Crippen LogP contribution in [-0.4, -0.2) is 16.3 Å². The first-order chi connectivity index (χ1) is 8.47. The molecule has 0 fully saturated rings. The molecule has 0 aromatic heterocycles. The van der Waals surface area contributed by atoms with E-state index in [0.717, 1.165) is 9.59 Å². The van der Waals surface area contributed by atoms with E-state index >= 15 is 0 Å². The molecule has 0 amide bonds. The van der Waals surface area contributed by atoms with Crippen molar-refractivity contribution in [2.45, 2.75) is 27.7 Å². The fraction of sp³-hybridized carbons (Fsp3) is 0.385. The second-order valence-corrected chi connectivity index (χ2v) is 5.12. The molecule has 0 aliphatic carbocycles. The number of hydrogen-bond donors (Lipinski definition) is 1. The second kappa shape index (κ2) is 8.56. The van der Waals surface area contributed by atoms with Gasteiger partial charge < -0.3 is 0 Å². The van der Waals surface area contributed by atoms with Gasteiger partial charge in [-0.1, -0.05) is 0 Å². The monoisotopic (exact) mass is 412 g/mol. The van der Waals surface area contributed by atoms with Crippen molar-refractivity contribution in [1.29, 1.82) is 5.26 Å². The van der Waals surface area contributed by atoms with Crippen molar-refractivity contribution >= 4 is 9.73 Å². The van der Waals surface area contributed by atoms with E-state index in [9.17, 15) is 0 Å². The van der Waals surface area contributed by atoms with Gasteiger partial charge in [0, 0.05) is 0 Å². The van der Waals surface area contributed by atoms with E-state index in [1.165, 1.54) is 30.5 Å². The first kappa shape index (κ1) is 16.5. The Bertz CT molecular complexity index is 498. The van der Waals surface area contributed by atoms with Crippen LogP contribution >= 0.6 is 0 Å². The van der Waals surface area contributed by atoms with Gasteiger partial charge in [-0.25, -0.2) is 0 Å². The summed E-state index contributed by atoms with van der Waals surface area (Å²) >= 11 is 1.25. The van der Waals surface area contributed by atoms with Crippen LogP contribution in [0.25, 0.3) is 4.85 Å². The van der Waals surface area contributed by atoms with Crippen LogP contribution in [0.2, 0.25) is 0 Å². The Labute approximate surface area is 119 Å². The molecule has 0 aliphatic heterocycles. The maximum atomic E-state index is 8.76. The van der Waals surface area contributed by atoms with E-state index in [1.54, 1.807) is 0 Å². The predicted molar refractivity (Wildman–Crippen MR) is 70.5 cm³/mol. The number of hydrazone groups is 1. The van der Waals surface area contributed by atoms with Gasteiger partial charge in [0.15, 0.2) is 0 Å². The zero-order valence-electron chi connectivity index (χ0n) is 11.0. The van der Waals surface area contributed by atoms with Crippen LogP contribution in [0.5, 0.6) is 0 Å². The second-order valence-electron chi connectivity index (χ2n) is 3.65. The van der Waals surface area contributed by atoms with Gasteiger partial charge in [0.1, 0.15) is 0 Å². The van der Waals surface area contributed by atoms with Gasteiger partial charge in [0.05, 0.1) is 0 Å². The fourth-order valence-corrected chi connectivity index (χ4v) is 1.77. The maximum absolute atomic E-state index is 8.76. The van der Waals surface area contributed by atoms with Gasteiger partial charge in [-0.15, -0.1) is 0 Å². The summed E-state index contributed by atoms with van der Waals surface area (Å²) in [6.45, 7) is 14.9. The van der Waals surface area contributed by atoms with Crippen LogP contribution in [0.1, 0.15) is 27.7 Å². The Morgan fingerprint density at radius 2 is 2.06 bits per heavy atom. The summed E-state index contributed by atoms with van der Waals surface area (Å²) in [6, 6.07) is 1.90. The summed E-state index contributed by atoms with van der Waals surface area (Å²) in [7, 11) is 0. The Hall–Kier alpha value is -1.51. The molecular weight excluding hydrogens is 396 g/mol. The van der Waals surface area contributed by atoms with Crippen molar-refractivity contribution in [2.24, 2.45) is 5.10 Å². The molecule has 0 unspecified atom stereocenters. The van der Waals surface area contributed by atoms with Crippen molar-refractivity contribution in [3.05, 3.63) is 34.2 Å². The summed E-state index contributed by atoms with van der Waals surface area (Å²) < 4.78 is 0.964. The van der Waals surface area contributed by atoms with Crippen LogP contribution in [0.3, 0.4) is 0 Å². The Morgan fingerprint density at radius 1 is 1.44 bits per heavy atom. The Kier molecular flexibility index (Phi) is 7.84. The molecular formula is C13H16N4W. The van der Waals surface area contributed by atoms with Crippen molar-refractivity contribution in [3.63, 3.8) is 0 Å². The molecule has 0 aromatic rings. The minimum atomic E-state index is 0.0156. The van der Waals surface area contributed by atoms with E-state index in [-0.39, 0.29) is 12.3 Å². The van der Waals surface area contributed by atoms with Crippen LogP contribution in [-0.2, 0) is 19.4 Å². The summed E-state index contributed by atoms with van der Waals surface area (Å²) in [6.07, 6.45) is 2.06. The summed E-state index contributed by atoms with van der Waals surface area (Å²) in [5.74, 6) is 0. The predicted octanol–water partition coefficient (Wildman–Crippen LogP) is 2.35. The minimum absolute atomic E-state index is 0.0156. The topological polar surface area (TPSA) is 52.5 Å². The van der Waals surface area contributed by atoms with E-state index in [2.05, 4.69) is 35.3 Å². The van der Waals surface area contributed by atoms with Crippen LogP contribution < -0.4 is 5.43 Å². The van der Waals surface area contributed by atoms with E-state index in [1.807, 2.05) is 19.9 Å². The van der Waals surface area contributed by atoms with Crippen LogP contribution in [0, 0.1) is 17.9 Å². The molecule has 0 heterocycles. The van der Waals surface area contributed by atoms with Crippen molar-refractivity contribution < 1.29 is 19.4 Å². The zero-order valence-corrected chi connectivity index (χ0v) is 14.0. The van der Waals surface area contributed by atoms with Gasteiger partial charge in [-0.2, -0.15) is 0 Å². The summed E-state index contributed by atoms with van der Waals surface area (Å²) in [5.41, 5.74) is 6.63. The molecule has 4 nitrogen and oxygen atoms in total. The number of nitriles is 1. The van der Waals surface area contributed by atoms with Gasteiger partial charge in [0.25, 0.3) is 0 Å². The van der Waals surface area contributed by atoms with Gasteiger partial charge in [-0.3, -0.25) is 0 Å². The van der Waals surface area contributed by atoms with Crippen molar-refractivity contribution in [2.75, 3.05) is 6.54 Å². The SMILES string of the molecule is [C-]#[N+]C/C(C#N)=N\N[C](=[W])/C(C)=C(/C)C(C)=CC. The molecule has 0 rings (SSSR count). The number of nitrogens with one attached hydrogen (secondary N) is 1. The summed E-state index contributed by atoms with van der Waals surface area (Å²) in [5, 5.41) is 12.7. The Morgan fingerprint density at radius 3 is 2.50 bits per heavy atom. The molecule has 0 atom stereocenters. The average molecular weight is 412 g/mol. The quantitative estimate of drug-likeness (QED) is 0.326. The third kappa shape index (κ3) is 5.21. The molecule has 0 saturated heterocycles. The molecule has 1 N–H and O–H groups in total. The number of rotatable bonds is 5. The molecule has 0 aliphatic rings. The molecule has 0 saturated carbocycles. The fourth-order valence-electron chi connectivity index (χ4n) is 1.06. The van der Waals surface area contributed by atoms with Crippen molar-refractivity contribution in [1.82, 2.24) is 5.43 Å². The number of allylic oxidation sites excluding steroid dienone is 3. The molecule has 0 spiro atoms. The standard InChI is InChI=1S/C13H16N4.W/c1-6-10(2)12(4)11(3)8-16-17-13(7-14)9-15-5;/h6,16H,9H2,1-4H3;/b10-6?,12-11-,17-13-;. The molecule has 0 aromatic carbocycles. The molecule has 0 radical (unpaired) electrons. The van der Waals surface area contributed by atoms with E-state index in [0.29, 0.717) is 0 Å². The van der Waals surface area contributed by atoms with E-state index in [4.69, 9.17) is 11.8 Å². The average Bonchev–Trinajstić information content (AvgIpc) is 2.40. The van der Waals surface area contributed by atoms with Gasteiger partial charge in [-0.05, 0) is 0 Å². The first-order valence-electron chi connectivity index (χ1n) is 5.38. The number of nitrogens with zero attached hydrogens (tertiary/aromatic N) is 3. The molecule has 5 heteroatoms. The van der Waals surface area contributed by atoms with Gasteiger partial charge >= 0.3 is 119 Å². The van der Waals surface area contributed by atoms with Crippen LogP contribution in [0.15, 0.2) is 27.9 Å². The van der Waals surface area contributed by atoms with Crippen molar-refractivity contribution in [3.8, 4) is 6.07 Å². The summed E-state index contributed by atoms with van der Waals surface area (Å²) in [4.78, 5) is 3.14. The Balaban J connectivity index is 4.92. The van der Waals surface area contributed by atoms with E-state index < -0.39 is 0 Å². The normalized spacial score (nSPS) is 13.2. The molecule has 18 heavy (non-hydrogen) atoms. The first-order valence-corrected chi connectivity index (χ1v) is 6.85. The van der Waals surface area contributed by atoms with Crippen LogP contribution in [0.4, 0.5) is 0 Å². The third-order valence-electron chi connectivity index (χ3n) is 2.58. The zero-order chi connectivity index (χ0) is 14.1.